The van der Waals surface area contributed by atoms with Gasteiger partial charge in [0.2, 0.25) is 0 Å². The summed E-state index contributed by atoms with van der Waals surface area (Å²) in [5, 5.41) is 0.547. The standard InChI is InChI=1S/C25H30N2O4S/c1-25(2,3)31-27-23-9-6-10-24(23)32(28,29)20-13-11-19(12-14-20)30-17-18-15-16-26-22-8-5-4-7-21(18)22/h4-5,7-8,11-16,23-24,27H,6,9-10,17H2,1-3H3. The summed E-state index contributed by atoms with van der Waals surface area (Å²) in [4.78, 5) is 10.3. The van der Waals surface area contributed by atoms with E-state index in [-0.39, 0.29) is 11.6 Å². The van der Waals surface area contributed by atoms with Crippen LogP contribution in [0.2, 0.25) is 0 Å². The molecule has 1 aliphatic carbocycles. The number of hydrogen-bond acceptors (Lipinski definition) is 6. The SMILES string of the molecule is CC(C)(C)ONC1CCCC1S(=O)(=O)c1ccc(OCc2ccnc3ccccc23)cc1. The van der Waals surface area contributed by atoms with Crippen molar-refractivity contribution < 1.29 is 18.0 Å². The fraction of sp³-hybridized carbons (Fsp3) is 0.400. The van der Waals surface area contributed by atoms with Crippen LogP contribution < -0.4 is 10.2 Å². The monoisotopic (exact) mass is 454 g/mol. The maximum Gasteiger partial charge on any atom is 0.182 e. The van der Waals surface area contributed by atoms with Gasteiger partial charge in [0.1, 0.15) is 12.4 Å². The lowest BCUT2D eigenvalue weighted by Crippen LogP contribution is -2.43. The van der Waals surface area contributed by atoms with Crippen LogP contribution in [0.25, 0.3) is 10.9 Å². The molecule has 3 aromatic rings. The molecular weight excluding hydrogens is 424 g/mol. The molecule has 0 radical (unpaired) electrons. The number of pyridine rings is 1. The number of nitrogens with zero attached hydrogens (tertiary/aromatic N) is 1. The predicted molar refractivity (Wildman–Crippen MR) is 125 cm³/mol. The smallest absolute Gasteiger partial charge is 0.182 e. The molecule has 0 saturated heterocycles. The molecule has 4 rings (SSSR count). The van der Waals surface area contributed by atoms with Gasteiger partial charge >= 0.3 is 0 Å². The lowest BCUT2D eigenvalue weighted by molar-refractivity contribution is -0.0868. The van der Waals surface area contributed by atoms with E-state index >= 15 is 0 Å². The topological polar surface area (TPSA) is 77.5 Å². The molecular formula is C25H30N2O4S. The number of hydrogen-bond donors (Lipinski definition) is 1. The Morgan fingerprint density at radius 1 is 1.03 bits per heavy atom. The summed E-state index contributed by atoms with van der Waals surface area (Å²) in [5.41, 5.74) is 4.58. The van der Waals surface area contributed by atoms with E-state index < -0.39 is 15.1 Å². The van der Waals surface area contributed by atoms with Gasteiger partial charge < -0.3 is 4.74 Å². The average Bonchev–Trinajstić information content (AvgIpc) is 3.26. The van der Waals surface area contributed by atoms with E-state index in [1.165, 1.54) is 0 Å². The minimum Gasteiger partial charge on any atom is -0.489 e. The van der Waals surface area contributed by atoms with Crippen LogP contribution in [0.3, 0.4) is 0 Å². The molecule has 1 saturated carbocycles. The second-order valence-corrected chi connectivity index (χ2v) is 11.4. The summed E-state index contributed by atoms with van der Waals surface area (Å²) < 4.78 is 32.5. The molecule has 1 N–H and O–H groups in total. The number of benzene rings is 2. The quantitative estimate of drug-likeness (QED) is 0.516. The van der Waals surface area contributed by atoms with Crippen LogP contribution in [-0.2, 0) is 21.3 Å². The molecule has 1 heterocycles. The fourth-order valence-electron chi connectivity index (χ4n) is 4.03. The third kappa shape index (κ3) is 5.11. The molecule has 32 heavy (non-hydrogen) atoms. The summed E-state index contributed by atoms with van der Waals surface area (Å²) in [6.45, 7) is 6.19. The van der Waals surface area contributed by atoms with E-state index in [0.29, 0.717) is 23.7 Å². The van der Waals surface area contributed by atoms with Crippen LogP contribution >= 0.6 is 0 Å². The Hall–Kier alpha value is -2.48. The summed E-state index contributed by atoms with van der Waals surface area (Å²) in [6, 6.07) is 16.4. The van der Waals surface area contributed by atoms with E-state index in [9.17, 15) is 8.42 Å². The van der Waals surface area contributed by atoms with Gasteiger partial charge in [0.15, 0.2) is 9.84 Å². The molecule has 1 aliphatic rings. The number of sulfone groups is 1. The van der Waals surface area contributed by atoms with E-state index in [1.54, 1.807) is 30.5 Å². The molecule has 1 aromatic heterocycles. The number of rotatable bonds is 7. The molecule has 2 aromatic carbocycles. The predicted octanol–water partition coefficient (Wildman–Crippen LogP) is 4.83. The Balaban J connectivity index is 1.44. The van der Waals surface area contributed by atoms with Crippen molar-refractivity contribution in [1.29, 1.82) is 0 Å². The second-order valence-electron chi connectivity index (χ2n) is 9.20. The largest absolute Gasteiger partial charge is 0.489 e. The first-order valence-corrected chi connectivity index (χ1v) is 12.5. The van der Waals surface area contributed by atoms with Crippen LogP contribution in [0.5, 0.6) is 5.75 Å². The van der Waals surface area contributed by atoms with Gasteiger partial charge in [0.05, 0.1) is 21.3 Å². The van der Waals surface area contributed by atoms with E-state index in [4.69, 9.17) is 9.57 Å². The molecule has 0 bridgehead atoms. The molecule has 2 atom stereocenters. The maximum absolute atomic E-state index is 13.3. The van der Waals surface area contributed by atoms with Crippen LogP contribution in [0.15, 0.2) is 65.7 Å². The van der Waals surface area contributed by atoms with Gasteiger partial charge in [0, 0.05) is 23.2 Å². The fourth-order valence-corrected chi connectivity index (χ4v) is 5.99. The molecule has 0 spiro atoms. The summed E-state index contributed by atoms with van der Waals surface area (Å²) in [5.74, 6) is 0.627. The van der Waals surface area contributed by atoms with Gasteiger partial charge in [-0.2, -0.15) is 5.48 Å². The average molecular weight is 455 g/mol. The Labute approximate surface area is 189 Å². The Bertz CT molecular complexity index is 1170. The first kappa shape index (κ1) is 22.7. The highest BCUT2D eigenvalue weighted by atomic mass is 32.2. The summed E-state index contributed by atoms with van der Waals surface area (Å²) >= 11 is 0. The maximum atomic E-state index is 13.3. The normalized spacial score (nSPS) is 19.3. The van der Waals surface area contributed by atoms with Crippen molar-refractivity contribution in [2.75, 3.05) is 0 Å². The Kier molecular flexibility index (Phi) is 6.51. The van der Waals surface area contributed by atoms with Gasteiger partial charge in [-0.3, -0.25) is 9.82 Å². The first-order chi connectivity index (χ1) is 15.2. The molecule has 0 aliphatic heterocycles. The molecule has 1 fully saturated rings. The highest BCUT2D eigenvalue weighted by Gasteiger charge is 2.39. The minimum atomic E-state index is -3.47. The third-order valence-electron chi connectivity index (χ3n) is 5.65. The van der Waals surface area contributed by atoms with Gasteiger partial charge in [-0.1, -0.05) is 24.6 Å². The number of fused-ring (bicyclic) bond motifs is 1. The highest BCUT2D eigenvalue weighted by Crippen LogP contribution is 2.31. The summed E-state index contributed by atoms with van der Waals surface area (Å²) in [7, 11) is -3.47. The van der Waals surface area contributed by atoms with E-state index in [2.05, 4.69) is 10.5 Å². The number of para-hydroxylation sites is 1. The van der Waals surface area contributed by atoms with Crippen molar-refractivity contribution in [2.24, 2.45) is 0 Å². The molecule has 2 unspecified atom stereocenters. The Morgan fingerprint density at radius 3 is 2.53 bits per heavy atom. The van der Waals surface area contributed by atoms with Crippen molar-refractivity contribution in [1.82, 2.24) is 10.5 Å². The van der Waals surface area contributed by atoms with Gasteiger partial charge in [-0.15, -0.1) is 0 Å². The van der Waals surface area contributed by atoms with Crippen molar-refractivity contribution in [2.45, 2.75) is 68.4 Å². The van der Waals surface area contributed by atoms with Gasteiger partial charge in [-0.05, 0) is 70.0 Å². The zero-order valence-corrected chi connectivity index (χ0v) is 19.6. The highest BCUT2D eigenvalue weighted by molar-refractivity contribution is 7.92. The van der Waals surface area contributed by atoms with Crippen LogP contribution in [0, 0.1) is 0 Å². The lowest BCUT2D eigenvalue weighted by atomic mass is 10.1. The summed E-state index contributed by atoms with van der Waals surface area (Å²) in [6.07, 6.45) is 4.03. The third-order valence-corrected chi connectivity index (χ3v) is 7.94. The van der Waals surface area contributed by atoms with E-state index in [1.807, 2.05) is 51.1 Å². The van der Waals surface area contributed by atoms with Crippen molar-refractivity contribution >= 4 is 20.7 Å². The number of aromatic nitrogens is 1. The lowest BCUT2D eigenvalue weighted by Gasteiger charge is -2.26. The van der Waals surface area contributed by atoms with Crippen molar-refractivity contribution in [3.63, 3.8) is 0 Å². The number of nitrogens with one attached hydrogen (secondary N) is 1. The first-order valence-electron chi connectivity index (χ1n) is 11.0. The molecule has 7 heteroatoms. The minimum absolute atomic E-state index is 0.213. The van der Waals surface area contributed by atoms with Crippen molar-refractivity contribution in [3.05, 3.63) is 66.4 Å². The van der Waals surface area contributed by atoms with E-state index in [0.717, 1.165) is 29.3 Å². The van der Waals surface area contributed by atoms with Crippen molar-refractivity contribution in [3.8, 4) is 5.75 Å². The van der Waals surface area contributed by atoms with Crippen LogP contribution in [0.1, 0.15) is 45.6 Å². The second kappa shape index (κ2) is 9.17. The van der Waals surface area contributed by atoms with Gasteiger partial charge in [-0.25, -0.2) is 8.42 Å². The zero-order chi connectivity index (χ0) is 22.8. The van der Waals surface area contributed by atoms with Crippen LogP contribution in [-0.4, -0.2) is 30.3 Å². The number of ether oxygens (including phenoxy) is 1. The van der Waals surface area contributed by atoms with Crippen LogP contribution in [0.4, 0.5) is 0 Å². The molecule has 170 valence electrons. The van der Waals surface area contributed by atoms with Gasteiger partial charge in [0.25, 0.3) is 0 Å². The number of hydroxylamine groups is 1. The molecule has 0 amide bonds. The molecule has 6 nitrogen and oxygen atoms in total. The Morgan fingerprint density at radius 2 is 1.78 bits per heavy atom. The zero-order valence-electron chi connectivity index (χ0n) is 18.7.